The Kier molecular flexibility index (Phi) is 5.64. The number of hydrogen-bond donors (Lipinski definition) is 2. The van der Waals surface area contributed by atoms with Crippen LogP contribution in [0.3, 0.4) is 0 Å². The molecule has 2 atom stereocenters. The SMILES string of the molecule is CC(C)c1ccc(C2(C)NC(=O)N(CC(O)c3ccc(C(F)(F)F)cc3)C2=O)cc1. The first kappa shape index (κ1) is 21.8. The summed E-state index contributed by atoms with van der Waals surface area (Å²) in [5, 5.41) is 13.1. The second-order valence-electron chi connectivity index (χ2n) is 7.88. The molecule has 30 heavy (non-hydrogen) atoms. The minimum Gasteiger partial charge on any atom is -0.387 e. The highest BCUT2D eigenvalue weighted by Crippen LogP contribution is 2.32. The molecule has 160 valence electrons. The van der Waals surface area contributed by atoms with Crippen LogP contribution in [0.1, 0.15) is 55.0 Å². The molecule has 8 heteroatoms. The Morgan fingerprint density at radius 3 is 2.03 bits per heavy atom. The number of aliphatic hydroxyl groups is 1. The van der Waals surface area contributed by atoms with Crippen molar-refractivity contribution in [2.75, 3.05) is 6.54 Å². The van der Waals surface area contributed by atoms with Crippen LogP contribution < -0.4 is 5.32 Å². The predicted molar refractivity (Wildman–Crippen MR) is 105 cm³/mol. The normalized spacial score (nSPS) is 20.6. The van der Waals surface area contributed by atoms with Gasteiger partial charge in [0.15, 0.2) is 0 Å². The van der Waals surface area contributed by atoms with Gasteiger partial charge < -0.3 is 10.4 Å². The molecule has 0 bridgehead atoms. The van der Waals surface area contributed by atoms with Crippen molar-refractivity contribution in [2.45, 2.75) is 44.5 Å². The van der Waals surface area contributed by atoms with Crippen LogP contribution in [-0.4, -0.2) is 28.5 Å². The monoisotopic (exact) mass is 420 g/mol. The number of alkyl halides is 3. The van der Waals surface area contributed by atoms with Crippen LogP contribution in [0.25, 0.3) is 0 Å². The van der Waals surface area contributed by atoms with Gasteiger partial charge in [-0.2, -0.15) is 13.2 Å². The predicted octanol–water partition coefficient (Wildman–Crippen LogP) is 4.33. The van der Waals surface area contributed by atoms with E-state index in [4.69, 9.17) is 0 Å². The summed E-state index contributed by atoms with van der Waals surface area (Å²) in [5.74, 6) is -0.216. The molecule has 3 rings (SSSR count). The lowest BCUT2D eigenvalue weighted by molar-refractivity contribution is -0.137. The summed E-state index contributed by atoms with van der Waals surface area (Å²) in [6, 6.07) is 10.7. The van der Waals surface area contributed by atoms with Gasteiger partial charge in [-0.25, -0.2) is 4.79 Å². The molecule has 1 aliphatic rings. The van der Waals surface area contributed by atoms with E-state index >= 15 is 0 Å². The summed E-state index contributed by atoms with van der Waals surface area (Å²) in [6.45, 7) is 5.31. The molecule has 3 amide bonds. The van der Waals surface area contributed by atoms with Gasteiger partial charge in [-0.05, 0) is 41.7 Å². The van der Waals surface area contributed by atoms with Crippen molar-refractivity contribution < 1.29 is 27.9 Å². The van der Waals surface area contributed by atoms with E-state index in [2.05, 4.69) is 5.32 Å². The molecular formula is C22H23F3N2O3. The Hall–Kier alpha value is -2.87. The zero-order chi connectivity index (χ0) is 22.3. The van der Waals surface area contributed by atoms with Crippen molar-refractivity contribution in [3.05, 3.63) is 70.8 Å². The Morgan fingerprint density at radius 2 is 1.53 bits per heavy atom. The van der Waals surface area contributed by atoms with Gasteiger partial charge in [0.25, 0.3) is 5.91 Å². The van der Waals surface area contributed by atoms with E-state index in [0.29, 0.717) is 11.5 Å². The van der Waals surface area contributed by atoms with Crippen molar-refractivity contribution in [1.29, 1.82) is 0 Å². The van der Waals surface area contributed by atoms with Gasteiger partial charge in [0.05, 0.1) is 18.2 Å². The molecule has 0 spiro atoms. The van der Waals surface area contributed by atoms with Crippen molar-refractivity contribution in [2.24, 2.45) is 0 Å². The first-order valence-corrected chi connectivity index (χ1v) is 9.53. The summed E-state index contributed by atoms with van der Waals surface area (Å²) >= 11 is 0. The molecule has 0 saturated carbocycles. The number of carbonyl (C=O) groups excluding carboxylic acids is 2. The third kappa shape index (κ3) is 4.05. The third-order valence-electron chi connectivity index (χ3n) is 5.41. The minimum absolute atomic E-state index is 0.179. The quantitative estimate of drug-likeness (QED) is 0.708. The highest BCUT2D eigenvalue weighted by Gasteiger charge is 2.49. The molecule has 2 unspecified atom stereocenters. The number of nitrogens with zero attached hydrogens (tertiary/aromatic N) is 1. The fourth-order valence-electron chi connectivity index (χ4n) is 3.43. The molecule has 5 nitrogen and oxygen atoms in total. The van der Waals surface area contributed by atoms with Gasteiger partial charge >= 0.3 is 12.2 Å². The Bertz CT molecular complexity index is 940. The highest BCUT2D eigenvalue weighted by molar-refractivity contribution is 6.07. The number of hydrogen-bond acceptors (Lipinski definition) is 3. The molecule has 2 aromatic rings. The minimum atomic E-state index is -4.48. The fourth-order valence-corrected chi connectivity index (χ4v) is 3.43. The first-order chi connectivity index (χ1) is 13.9. The smallest absolute Gasteiger partial charge is 0.387 e. The number of carbonyl (C=O) groups is 2. The average Bonchev–Trinajstić information content (AvgIpc) is 2.91. The lowest BCUT2D eigenvalue weighted by Crippen LogP contribution is -2.41. The third-order valence-corrected chi connectivity index (χ3v) is 5.41. The topological polar surface area (TPSA) is 69.6 Å². The molecule has 0 aliphatic carbocycles. The van der Waals surface area contributed by atoms with Crippen molar-refractivity contribution in [3.63, 3.8) is 0 Å². The molecular weight excluding hydrogens is 397 g/mol. The van der Waals surface area contributed by atoms with Crippen LogP contribution >= 0.6 is 0 Å². The Balaban J connectivity index is 1.77. The van der Waals surface area contributed by atoms with Gasteiger partial charge in [-0.1, -0.05) is 50.2 Å². The maximum atomic E-state index is 13.0. The number of β-amino-alcohol motifs (C(OH)–C–C–N with tert-alkyl or cyclic N) is 1. The number of rotatable bonds is 5. The number of halogens is 3. The fraction of sp³-hybridized carbons (Fsp3) is 0.364. The standard InChI is InChI=1S/C22H23F3N2O3/c1-13(2)14-4-8-16(9-5-14)21(3)19(29)27(20(30)26-21)12-18(28)15-6-10-17(11-7-15)22(23,24)25/h4-11,13,18,28H,12H2,1-3H3,(H,26,30). The highest BCUT2D eigenvalue weighted by atomic mass is 19.4. The van der Waals surface area contributed by atoms with E-state index in [1.165, 1.54) is 0 Å². The Morgan fingerprint density at radius 1 is 1.00 bits per heavy atom. The van der Waals surface area contributed by atoms with Crippen molar-refractivity contribution in [1.82, 2.24) is 10.2 Å². The van der Waals surface area contributed by atoms with Crippen LogP contribution in [0.4, 0.5) is 18.0 Å². The summed E-state index contributed by atoms with van der Waals surface area (Å²) in [5.41, 5.74) is -0.248. The van der Waals surface area contributed by atoms with E-state index in [1.807, 2.05) is 26.0 Å². The zero-order valence-electron chi connectivity index (χ0n) is 16.8. The lowest BCUT2D eigenvalue weighted by Gasteiger charge is -2.23. The summed E-state index contributed by atoms with van der Waals surface area (Å²) in [7, 11) is 0. The summed E-state index contributed by atoms with van der Waals surface area (Å²) in [4.78, 5) is 26.3. The molecule has 1 heterocycles. The summed E-state index contributed by atoms with van der Waals surface area (Å²) in [6.07, 6.45) is -5.80. The van der Waals surface area contributed by atoms with E-state index in [0.717, 1.165) is 34.7 Å². The second-order valence-corrected chi connectivity index (χ2v) is 7.88. The van der Waals surface area contributed by atoms with E-state index in [9.17, 15) is 27.9 Å². The van der Waals surface area contributed by atoms with Crippen LogP contribution in [0.5, 0.6) is 0 Å². The first-order valence-electron chi connectivity index (χ1n) is 9.53. The molecule has 1 saturated heterocycles. The van der Waals surface area contributed by atoms with Crippen molar-refractivity contribution >= 4 is 11.9 Å². The van der Waals surface area contributed by atoms with Crippen molar-refractivity contribution in [3.8, 4) is 0 Å². The van der Waals surface area contributed by atoms with E-state index < -0.39 is 35.3 Å². The van der Waals surface area contributed by atoms with Crippen LogP contribution in [0.15, 0.2) is 48.5 Å². The number of nitrogens with one attached hydrogen (secondary N) is 1. The molecule has 0 radical (unpaired) electrons. The van der Waals surface area contributed by atoms with E-state index in [1.54, 1.807) is 19.1 Å². The lowest BCUT2D eigenvalue weighted by atomic mass is 9.90. The van der Waals surface area contributed by atoms with Gasteiger partial charge in [0, 0.05) is 0 Å². The zero-order valence-corrected chi connectivity index (χ0v) is 16.8. The maximum absolute atomic E-state index is 13.0. The number of amides is 3. The molecule has 0 aromatic heterocycles. The van der Waals surface area contributed by atoms with Gasteiger partial charge in [-0.3, -0.25) is 9.69 Å². The number of urea groups is 1. The van der Waals surface area contributed by atoms with Gasteiger partial charge in [-0.15, -0.1) is 0 Å². The molecule has 2 N–H and O–H groups in total. The number of imide groups is 1. The molecule has 1 fully saturated rings. The second kappa shape index (κ2) is 7.75. The number of aliphatic hydroxyl groups excluding tert-OH is 1. The average molecular weight is 420 g/mol. The molecule has 2 aromatic carbocycles. The molecule has 1 aliphatic heterocycles. The van der Waals surface area contributed by atoms with E-state index in [-0.39, 0.29) is 12.1 Å². The Labute approximate surface area is 172 Å². The largest absolute Gasteiger partial charge is 0.416 e. The van der Waals surface area contributed by atoms with Gasteiger partial charge in [0.1, 0.15) is 5.54 Å². The van der Waals surface area contributed by atoms with Gasteiger partial charge in [0.2, 0.25) is 0 Å². The maximum Gasteiger partial charge on any atom is 0.416 e. The van der Waals surface area contributed by atoms with Crippen LogP contribution in [0.2, 0.25) is 0 Å². The van der Waals surface area contributed by atoms with Crippen LogP contribution in [-0.2, 0) is 16.5 Å². The summed E-state index contributed by atoms with van der Waals surface area (Å²) < 4.78 is 38.1. The van der Waals surface area contributed by atoms with Crippen LogP contribution in [0, 0.1) is 0 Å². The number of benzene rings is 2.